The van der Waals surface area contributed by atoms with Crippen LogP contribution in [-0.4, -0.2) is 168 Å². The van der Waals surface area contributed by atoms with Crippen LogP contribution in [0.25, 0.3) is 0 Å². The summed E-state index contributed by atoms with van der Waals surface area (Å²) < 4.78 is 35.5. The number of allylic oxidation sites excluding steroid dienone is 2. The van der Waals surface area contributed by atoms with Gasteiger partial charge in [0.25, 0.3) is 0 Å². The van der Waals surface area contributed by atoms with Gasteiger partial charge in [0.1, 0.15) is 61.0 Å². The first-order valence-corrected chi connectivity index (χ1v) is 23.7. The van der Waals surface area contributed by atoms with E-state index in [2.05, 4.69) is 54.5 Å². The smallest absolute Gasteiger partial charge is 0.335 e. The lowest BCUT2D eigenvalue weighted by Crippen LogP contribution is -2.67. The fourth-order valence-electron chi connectivity index (χ4n) is 14.7. The van der Waals surface area contributed by atoms with E-state index in [9.17, 15) is 60.7 Å². The number of hydrogen-bond donors (Lipinski definition) is 10. The van der Waals surface area contributed by atoms with Crippen molar-refractivity contribution in [3.63, 3.8) is 0 Å². The van der Waals surface area contributed by atoms with E-state index >= 15 is 0 Å². The van der Waals surface area contributed by atoms with Crippen LogP contribution in [0.4, 0.5) is 0 Å². The SMILES string of the molecule is CC1(C)CC[C@]2(C(=O)O[C@@H]3O[C@H](CO)[C@@H](O)[C@H](O)[C@H]3O)CC[C@]3(C)C(=CCC4[C@@]5(C)CC[C@H](O[C@@H]6O[C@H](C(=O)O)[C@@H](O)[C@H](O)[C@H]6O[C@@H]6OC[C@H](O)[C@H](O)[C@H]6O)C(C)(C)C5CC[C@]43C)[C@@H]2C1. The van der Waals surface area contributed by atoms with Crippen LogP contribution >= 0.6 is 0 Å². The Labute approximate surface area is 380 Å². The Morgan fingerprint density at radius 3 is 2.06 bits per heavy atom. The molecule has 0 radical (unpaired) electrons. The standard InChI is InChI=1S/C47H74O18/c1-42(2)14-16-47(41(59)65-39-34(56)30(52)29(51)24(19-48)61-39)17-15-45(6)21(22(47)18-42)8-9-26-44(5)12-11-27(43(3,4)25(44)10-13-46(26,45)7)62-40-36(32(54)31(53)35(63-40)37(57)58)64-38-33(55)28(50)23(49)20-60-38/h8,22-36,38-40,48-56H,9-20H2,1-7H3,(H,57,58)/t22-,23-,24+,25?,26?,27-,28-,29+,30-,31-,32-,33+,34+,35-,36+,38-,39-,40+,44-,45+,46+,47-/m0/s1. The maximum atomic E-state index is 14.7. The average Bonchev–Trinajstić information content (AvgIpc) is 3.24. The zero-order valence-electron chi connectivity index (χ0n) is 38.7. The van der Waals surface area contributed by atoms with Gasteiger partial charge in [-0.15, -0.1) is 0 Å². The Morgan fingerprint density at radius 2 is 1.38 bits per heavy atom. The molecule has 4 saturated carbocycles. The molecule has 2 unspecified atom stereocenters. The number of aliphatic hydroxyl groups is 9. The van der Waals surface area contributed by atoms with Crippen molar-refractivity contribution in [2.75, 3.05) is 13.2 Å². The summed E-state index contributed by atoms with van der Waals surface area (Å²) in [5.41, 5.74) is -0.900. The van der Waals surface area contributed by atoms with Gasteiger partial charge < -0.3 is 79.5 Å². The lowest BCUT2D eigenvalue weighted by Gasteiger charge is -2.71. The van der Waals surface area contributed by atoms with Crippen LogP contribution in [0.3, 0.4) is 0 Å². The second-order valence-corrected chi connectivity index (χ2v) is 23.1. The molecule has 65 heavy (non-hydrogen) atoms. The van der Waals surface area contributed by atoms with Gasteiger partial charge in [0.15, 0.2) is 18.7 Å². The van der Waals surface area contributed by atoms with Crippen molar-refractivity contribution in [2.24, 2.45) is 50.2 Å². The number of rotatable bonds is 8. The molecule has 0 aromatic heterocycles. The molecule has 5 aliphatic carbocycles. The highest BCUT2D eigenvalue weighted by molar-refractivity contribution is 5.79. The van der Waals surface area contributed by atoms with Gasteiger partial charge in [0.05, 0.1) is 24.7 Å². The first kappa shape index (κ1) is 49.5. The summed E-state index contributed by atoms with van der Waals surface area (Å²) in [6, 6.07) is 0. The van der Waals surface area contributed by atoms with Crippen LogP contribution in [0.15, 0.2) is 11.6 Å². The third-order valence-electron chi connectivity index (χ3n) is 18.9. The topological polar surface area (TPSA) is 292 Å². The second-order valence-electron chi connectivity index (χ2n) is 23.1. The molecule has 3 saturated heterocycles. The highest BCUT2D eigenvalue weighted by atomic mass is 16.8. The van der Waals surface area contributed by atoms with Gasteiger partial charge in [-0.3, -0.25) is 4.79 Å². The molecule has 3 aliphatic heterocycles. The fourth-order valence-corrected chi connectivity index (χ4v) is 14.7. The van der Waals surface area contributed by atoms with Crippen molar-refractivity contribution >= 4 is 11.9 Å². The van der Waals surface area contributed by atoms with E-state index in [-0.39, 0.29) is 46.0 Å². The number of carbonyl (C=O) groups excluding carboxylic acids is 1. The van der Waals surface area contributed by atoms with Gasteiger partial charge in [-0.2, -0.15) is 0 Å². The van der Waals surface area contributed by atoms with Crippen molar-refractivity contribution in [3.8, 4) is 0 Å². The zero-order valence-corrected chi connectivity index (χ0v) is 38.7. The first-order valence-electron chi connectivity index (χ1n) is 23.7. The number of aliphatic hydroxyl groups excluding tert-OH is 9. The predicted octanol–water partition coefficient (Wildman–Crippen LogP) is 0.872. The van der Waals surface area contributed by atoms with Gasteiger partial charge in [0.2, 0.25) is 6.29 Å². The Balaban J connectivity index is 1.05. The Kier molecular flexibility index (Phi) is 13.1. The van der Waals surface area contributed by atoms with Crippen molar-refractivity contribution < 1.29 is 89.1 Å². The second kappa shape index (κ2) is 17.2. The largest absolute Gasteiger partial charge is 0.479 e. The Bertz CT molecular complexity index is 1820. The van der Waals surface area contributed by atoms with Gasteiger partial charge >= 0.3 is 11.9 Å². The van der Waals surface area contributed by atoms with E-state index < -0.39 is 121 Å². The molecule has 18 nitrogen and oxygen atoms in total. The zero-order chi connectivity index (χ0) is 47.6. The van der Waals surface area contributed by atoms with E-state index in [1.54, 1.807) is 0 Å². The minimum Gasteiger partial charge on any atom is -0.479 e. The minimum absolute atomic E-state index is 0.0713. The van der Waals surface area contributed by atoms with Gasteiger partial charge in [-0.05, 0) is 109 Å². The quantitative estimate of drug-likeness (QED) is 0.0918. The number of esters is 1. The molecule has 8 rings (SSSR count). The van der Waals surface area contributed by atoms with Crippen LogP contribution in [0.2, 0.25) is 0 Å². The van der Waals surface area contributed by atoms with Crippen molar-refractivity contribution in [1.82, 2.24) is 0 Å². The molecule has 22 atom stereocenters. The third-order valence-corrected chi connectivity index (χ3v) is 18.9. The number of carboxylic acid groups (broad SMARTS) is 1. The average molecular weight is 927 g/mol. The molecule has 0 amide bonds. The van der Waals surface area contributed by atoms with Crippen molar-refractivity contribution in [2.45, 2.75) is 205 Å². The summed E-state index contributed by atoms with van der Waals surface area (Å²) in [6.07, 6.45) is -13.7. The van der Waals surface area contributed by atoms with E-state index in [0.29, 0.717) is 19.3 Å². The normalized spacial score (nSPS) is 52.7. The molecule has 370 valence electrons. The van der Waals surface area contributed by atoms with Gasteiger partial charge in [-0.1, -0.05) is 60.1 Å². The van der Waals surface area contributed by atoms with Crippen LogP contribution in [0, 0.1) is 50.2 Å². The fraction of sp³-hybridized carbons (Fsp3) is 0.915. The predicted molar refractivity (Wildman–Crippen MR) is 225 cm³/mol. The maximum absolute atomic E-state index is 14.7. The Morgan fingerprint density at radius 1 is 0.708 bits per heavy atom. The number of aliphatic carboxylic acids is 1. The highest BCUT2D eigenvalue weighted by Gasteiger charge is 2.70. The molecule has 8 aliphatic rings. The first-order chi connectivity index (χ1) is 30.3. The number of hydrogen-bond acceptors (Lipinski definition) is 17. The lowest BCUT2D eigenvalue weighted by atomic mass is 9.33. The summed E-state index contributed by atoms with van der Waals surface area (Å²) in [5.74, 6) is -1.83. The van der Waals surface area contributed by atoms with Crippen molar-refractivity contribution in [1.29, 1.82) is 0 Å². The van der Waals surface area contributed by atoms with E-state index in [1.807, 2.05) is 0 Å². The molecule has 0 aromatic carbocycles. The van der Waals surface area contributed by atoms with Gasteiger partial charge in [0, 0.05) is 0 Å². The van der Waals surface area contributed by atoms with Crippen LogP contribution < -0.4 is 0 Å². The third kappa shape index (κ3) is 7.76. The molecule has 0 spiro atoms. The molecule has 3 heterocycles. The summed E-state index contributed by atoms with van der Waals surface area (Å²) >= 11 is 0. The van der Waals surface area contributed by atoms with E-state index in [4.69, 9.17) is 28.4 Å². The molecular formula is C47H74O18. The summed E-state index contributed by atoms with van der Waals surface area (Å²) in [7, 11) is 0. The van der Waals surface area contributed by atoms with Crippen LogP contribution in [-0.2, 0) is 38.0 Å². The Hall–Kier alpha value is -1.88. The minimum atomic E-state index is -1.92. The monoisotopic (exact) mass is 926 g/mol. The number of carbonyl (C=O) groups is 2. The molecule has 7 fully saturated rings. The molecule has 10 N–H and O–H groups in total. The summed E-state index contributed by atoms with van der Waals surface area (Å²) in [6.45, 7) is 14.9. The summed E-state index contributed by atoms with van der Waals surface area (Å²) in [4.78, 5) is 26.9. The molecule has 0 aromatic rings. The summed E-state index contributed by atoms with van der Waals surface area (Å²) in [5, 5.41) is 105. The van der Waals surface area contributed by atoms with Crippen molar-refractivity contribution in [3.05, 3.63) is 11.6 Å². The van der Waals surface area contributed by atoms with E-state index in [0.717, 1.165) is 44.9 Å². The number of ether oxygens (including phenoxy) is 6. The van der Waals surface area contributed by atoms with Crippen LogP contribution in [0.5, 0.6) is 0 Å². The van der Waals surface area contributed by atoms with Gasteiger partial charge in [-0.25, -0.2) is 4.79 Å². The number of fused-ring (bicyclic) bond motifs is 7. The lowest BCUT2D eigenvalue weighted by molar-refractivity contribution is -0.366. The highest BCUT2D eigenvalue weighted by Crippen LogP contribution is 2.76. The number of carboxylic acids is 1. The van der Waals surface area contributed by atoms with Crippen LogP contribution in [0.1, 0.15) is 113 Å². The molecule has 18 heteroatoms. The molecular weight excluding hydrogens is 852 g/mol. The molecule has 0 bridgehead atoms. The van der Waals surface area contributed by atoms with E-state index in [1.165, 1.54) is 5.57 Å². The maximum Gasteiger partial charge on any atom is 0.335 e.